The molecule has 1 fully saturated rings. The van der Waals surface area contributed by atoms with Gasteiger partial charge < -0.3 is 15.4 Å². The molecule has 2 aliphatic rings. The number of amides is 2. The number of rotatable bonds is 5. The smallest absolute Gasteiger partial charge is 0.341 e. The molecule has 1 unspecified atom stereocenters. The number of ether oxygens (including phenoxy) is 1. The summed E-state index contributed by atoms with van der Waals surface area (Å²) in [6.45, 7) is 2.04. The summed E-state index contributed by atoms with van der Waals surface area (Å²) in [6, 6.07) is 7.29. The molecule has 2 amide bonds. The van der Waals surface area contributed by atoms with Crippen LogP contribution in [0.3, 0.4) is 0 Å². The first-order valence-corrected chi connectivity index (χ1v) is 9.94. The van der Waals surface area contributed by atoms with Crippen LogP contribution in [0.4, 0.5) is 10.7 Å². The Labute approximate surface area is 160 Å². The fourth-order valence-corrected chi connectivity index (χ4v) is 4.45. The number of carbonyl (C=O) groups is 3. The second-order valence-electron chi connectivity index (χ2n) is 6.77. The summed E-state index contributed by atoms with van der Waals surface area (Å²) in [5.74, 6) is -1.10. The number of hydrogen-bond donors (Lipinski definition) is 2. The fourth-order valence-electron chi connectivity index (χ4n) is 3.42. The zero-order valence-corrected chi connectivity index (χ0v) is 15.7. The number of anilines is 2. The largest absolute Gasteiger partial charge is 0.462 e. The summed E-state index contributed by atoms with van der Waals surface area (Å²) >= 11 is 1.34. The minimum Gasteiger partial charge on any atom is -0.462 e. The number of fused-ring (bicyclic) bond motifs is 1. The number of hydrogen-bond acceptors (Lipinski definition) is 5. The zero-order chi connectivity index (χ0) is 19.0. The maximum atomic E-state index is 13.0. The lowest BCUT2D eigenvalue weighted by molar-refractivity contribution is -0.123. The van der Waals surface area contributed by atoms with E-state index in [-0.39, 0.29) is 24.8 Å². The summed E-state index contributed by atoms with van der Waals surface area (Å²) in [6.07, 6.45) is 2.18. The van der Waals surface area contributed by atoms with E-state index < -0.39 is 11.9 Å². The fraction of sp³-hybridized carbons (Fsp3) is 0.350. The Bertz CT molecular complexity index is 916. The monoisotopic (exact) mass is 384 g/mol. The lowest BCUT2D eigenvalue weighted by atomic mass is 9.90. The van der Waals surface area contributed by atoms with Gasteiger partial charge in [0.05, 0.1) is 18.1 Å². The van der Waals surface area contributed by atoms with Crippen LogP contribution in [-0.2, 0) is 14.3 Å². The molecular formula is C20H20N2O4S. The van der Waals surface area contributed by atoms with Crippen LogP contribution in [0.2, 0.25) is 0 Å². The predicted octanol–water partition coefficient (Wildman–Crippen LogP) is 3.87. The molecule has 4 rings (SSSR count). The third kappa shape index (κ3) is 3.47. The van der Waals surface area contributed by atoms with Gasteiger partial charge in [-0.2, -0.15) is 0 Å². The number of thiophene rings is 1. The molecule has 1 aromatic carbocycles. The van der Waals surface area contributed by atoms with Crippen molar-refractivity contribution < 1.29 is 19.1 Å². The molecule has 1 atom stereocenters. The number of nitrogens with one attached hydrogen (secondary N) is 2. The topological polar surface area (TPSA) is 84.5 Å². The van der Waals surface area contributed by atoms with E-state index in [2.05, 4.69) is 10.6 Å². The molecule has 6 nitrogen and oxygen atoms in total. The van der Waals surface area contributed by atoms with Crippen molar-refractivity contribution in [2.24, 2.45) is 0 Å². The Kier molecular flexibility index (Phi) is 4.70. The van der Waals surface area contributed by atoms with Crippen molar-refractivity contribution in [1.29, 1.82) is 0 Å². The molecule has 7 heteroatoms. The first-order valence-electron chi connectivity index (χ1n) is 9.06. The molecular weight excluding hydrogens is 364 g/mol. The summed E-state index contributed by atoms with van der Waals surface area (Å²) in [7, 11) is 0. The molecule has 2 heterocycles. The van der Waals surface area contributed by atoms with Crippen LogP contribution in [0.1, 0.15) is 59.5 Å². The van der Waals surface area contributed by atoms with E-state index in [0.29, 0.717) is 22.2 Å². The van der Waals surface area contributed by atoms with Gasteiger partial charge in [0.25, 0.3) is 0 Å². The summed E-state index contributed by atoms with van der Waals surface area (Å²) in [5.41, 5.74) is 2.86. The SMILES string of the molecule is CCOC(=O)c1c(C2CC2)csc1NC(=O)C1CC(=O)Nc2ccccc21. The second kappa shape index (κ2) is 7.15. The lowest BCUT2D eigenvalue weighted by Gasteiger charge is -2.24. The van der Waals surface area contributed by atoms with E-state index in [1.165, 1.54) is 11.3 Å². The minimum absolute atomic E-state index is 0.0818. The first kappa shape index (κ1) is 17.7. The highest BCUT2D eigenvalue weighted by Crippen LogP contribution is 2.46. The van der Waals surface area contributed by atoms with Crippen molar-refractivity contribution >= 4 is 39.8 Å². The van der Waals surface area contributed by atoms with Crippen LogP contribution in [0.25, 0.3) is 0 Å². The molecule has 0 spiro atoms. The second-order valence-corrected chi connectivity index (χ2v) is 7.65. The van der Waals surface area contributed by atoms with Crippen LogP contribution in [0, 0.1) is 0 Å². The molecule has 2 N–H and O–H groups in total. The Morgan fingerprint density at radius 3 is 2.78 bits per heavy atom. The lowest BCUT2D eigenvalue weighted by Crippen LogP contribution is -2.31. The van der Waals surface area contributed by atoms with E-state index in [4.69, 9.17) is 4.74 Å². The van der Waals surface area contributed by atoms with Crippen LogP contribution in [0.5, 0.6) is 0 Å². The Morgan fingerprint density at radius 1 is 1.26 bits per heavy atom. The van der Waals surface area contributed by atoms with Crippen molar-refractivity contribution in [3.05, 3.63) is 46.3 Å². The van der Waals surface area contributed by atoms with Gasteiger partial charge in [0.1, 0.15) is 5.00 Å². The first-order chi connectivity index (χ1) is 13.1. The van der Waals surface area contributed by atoms with Crippen molar-refractivity contribution in [3.63, 3.8) is 0 Å². The highest BCUT2D eigenvalue weighted by Gasteiger charge is 2.35. The number of esters is 1. The zero-order valence-electron chi connectivity index (χ0n) is 14.9. The van der Waals surface area contributed by atoms with E-state index in [1.807, 2.05) is 23.6 Å². The highest BCUT2D eigenvalue weighted by molar-refractivity contribution is 7.15. The molecule has 0 saturated heterocycles. The quantitative estimate of drug-likeness (QED) is 0.767. The standard InChI is InChI=1S/C20H20N2O4S/c1-2-26-20(25)17-14(11-7-8-11)10-27-19(17)22-18(24)13-9-16(23)21-15-6-4-3-5-12(13)15/h3-6,10-11,13H,2,7-9H2,1H3,(H,21,23)(H,22,24). The maximum Gasteiger partial charge on any atom is 0.341 e. The van der Waals surface area contributed by atoms with E-state index in [1.54, 1.807) is 13.0 Å². The maximum absolute atomic E-state index is 13.0. The van der Waals surface area contributed by atoms with Gasteiger partial charge in [-0.25, -0.2) is 4.79 Å². The number of benzene rings is 1. The van der Waals surface area contributed by atoms with Gasteiger partial charge in [0.2, 0.25) is 11.8 Å². The Morgan fingerprint density at radius 2 is 2.04 bits per heavy atom. The summed E-state index contributed by atoms with van der Waals surface area (Å²) < 4.78 is 5.20. The van der Waals surface area contributed by atoms with Crippen LogP contribution in [0.15, 0.2) is 29.6 Å². The van der Waals surface area contributed by atoms with E-state index in [9.17, 15) is 14.4 Å². The van der Waals surface area contributed by atoms with Gasteiger partial charge in [-0.05, 0) is 48.3 Å². The van der Waals surface area contributed by atoms with Gasteiger partial charge in [0, 0.05) is 12.1 Å². The van der Waals surface area contributed by atoms with E-state index in [0.717, 1.165) is 24.0 Å². The summed E-state index contributed by atoms with van der Waals surface area (Å²) in [4.78, 5) is 37.4. The van der Waals surface area contributed by atoms with Crippen LogP contribution in [-0.4, -0.2) is 24.4 Å². The predicted molar refractivity (Wildman–Crippen MR) is 103 cm³/mol. The molecule has 0 radical (unpaired) electrons. The Hall–Kier alpha value is -2.67. The van der Waals surface area contributed by atoms with E-state index >= 15 is 0 Å². The van der Waals surface area contributed by atoms with Crippen molar-refractivity contribution in [3.8, 4) is 0 Å². The third-order valence-corrected chi connectivity index (χ3v) is 5.78. The van der Waals surface area contributed by atoms with Crippen LogP contribution >= 0.6 is 11.3 Å². The molecule has 1 aliphatic heterocycles. The molecule has 140 valence electrons. The van der Waals surface area contributed by atoms with Crippen molar-refractivity contribution in [2.75, 3.05) is 17.2 Å². The molecule has 27 heavy (non-hydrogen) atoms. The molecule has 0 bridgehead atoms. The number of carbonyl (C=O) groups excluding carboxylic acids is 3. The number of para-hydroxylation sites is 1. The molecule has 1 saturated carbocycles. The average Bonchev–Trinajstić information content (AvgIpc) is 3.41. The average molecular weight is 384 g/mol. The molecule has 2 aromatic rings. The molecule has 1 aromatic heterocycles. The van der Waals surface area contributed by atoms with Gasteiger partial charge in [0.15, 0.2) is 0 Å². The van der Waals surface area contributed by atoms with Crippen molar-refractivity contribution in [2.45, 2.75) is 38.0 Å². The van der Waals surface area contributed by atoms with Crippen LogP contribution < -0.4 is 10.6 Å². The van der Waals surface area contributed by atoms with Gasteiger partial charge in [-0.15, -0.1) is 11.3 Å². The highest BCUT2D eigenvalue weighted by atomic mass is 32.1. The molecule has 1 aliphatic carbocycles. The third-order valence-electron chi connectivity index (χ3n) is 4.87. The minimum atomic E-state index is -0.587. The van der Waals surface area contributed by atoms with Crippen molar-refractivity contribution in [1.82, 2.24) is 0 Å². The normalized spacial score (nSPS) is 18.4. The van der Waals surface area contributed by atoms with Gasteiger partial charge in [-0.3, -0.25) is 9.59 Å². The summed E-state index contributed by atoms with van der Waals surface area (Å²) in [5, 5.41) is 8.11. The van der Waals surface area contributed by atoms with Gasteiger partial charge in [-0.1, -0.05) is 18.2 Å². The Balaban J connectivity index is 1.62. The van der Waals surface area contributed by atoms with Gasteiger partial charge >= 0.3 is 5.97 Å².